The second-order valence-electron chi connectivity index (χ2n) is 5.67. The smallest absolute Gasteiger partial charge is 0.315 e. The normalized spacial score (nSPS) is 18.2. The third-order valence-electron chi connectivity index (χ3n) is 3.80. The lowest BCUT2D eigenvalue weighted by atomic mass is 10.1. The second kappa shape index (κ2) is 8.00. The Balaban J connectivity index is 1.99. The maximum atomic E-state index is 12.0. The lowest BCUT2D eigenvalue weighted by Crippen LogP contribution is -2.46. The first-order chi connectivity index (χ1) is 10.2. The van der Waals surface area contributed by atoms with E-state index in [2.05, 4.69) is 15.5 Å². The molecule has 0 spiro atoms. The van der Waals surface area contributed by atoms with Gasteiger partial charge in [0.05, 0.1) is 18.7 Å². The number of carbonyl (C=O) groups excluding carboxylic acids is 1. The van der Waals surface area contributed by atoms with Crippen LogP contribution in [0.25, 0.3) is 0 Å². The Bertz CT molecular complexity index is 432. The van der Waals surface area contributed by atoms with Crippen molar-refractivity contribution in [1.82, 2.24) is 15.5 Å². The molecule has 0 aliphatic carbocycles. The van der Waals surface area contributed by atoms with Crippen LogP contribution in [-0.4, -0.2) is 48.3 Å². The van der Waals surface area contributed by atoms with Crippen LogP contribution in [0, 0.1) is 0 Å². The highest BCUT2D eigenvalue weighted by Gasteiger charge is 2.20. The zero-order valence-electron chi connectivity index (χ0n) is 12.6. The topological polar surface area (TPSA) is 64.6 Å². The van der Waals surface area contributed by atoms with Crippen LogP contribution in [-0.2, 0) is 0 Å². The van der Waals surface area contributed by atoms with Crippen molar-refractivity contribution in [2.75, 3.05) is 26.2 Å². The van der Waals surface area contributed by atoms with Crippen LogP contribution in [0.2, 0.25) is 0 Å². The van der Waals surface area contributed by atoms with Crippen LogP contribution in [0.4, 0.5) is 4.79 Å². The first kappa shape index (κ1) is 15.8. The summed E-state index contributed by atoms with van der Waals surface area (Å²) in [6, 6.07) is 9.52. The molecule has 1 fully saturated rings. The molecule has 1 saturated heterocycles. The fourth-order valence-electron chi connectivity index (χ4n) is 2.61. The zero-order valence-corrected chi connectivity index (χ0v) is 12.6. The first-order valence-corrected chi connectivity index (χ1v) is 7.64. The van der Waals surface area contributed by atoms with Crippen molar-refractivity contribution in [3.63, 3.8) is 0 Å². The molecule has 1 aromatic carbocycles. The highest BCUT2D eigenvalue weighted by molar-refractivity contribution is 5.74. The van der Waals surface area contributed by atoms with Gasteiger partial charge in [0.25, 0.3) is 0 Å². The fourth-order valence-corrected chi connectivity index (χ4v) is 2.61. The summed E-state index contributed by atoms with van der Waals surface area (Å²) in [5.74, 6) is 0. The maximum Gasteiger partial charge on any atom is 0.315 e. The Morgan fingerprint density at radius 2 is 1.90 bits per heavy atom. The predicted octanol–water partition coefficient (Wildman–Crippen LogP) is 1.50. The van der Waals surface area contributed by atoms with Crippen LogP contribution in [0.1, 0.15) is 31.4 Å². The van der Waals surface area contributed by atoms with Crippen molar-refractivity contribution < 1.29 is 9.90 Å². The number of nitrogens with zero attached hydrogens (tertiary/aromatic N) is 1. The number of urea groups is 1. The van der Waals surface area contributed by atoms with Gasteiger partial charge >= 0.3 is 6.03 Å². The molecule has 0 saturated carbocycles. The van der Waals surface area contributed by atoms with Gasteiger partial charge < -0.3 is 20.6 Å². The number of aliphatic hydroxyl groups is 1. The molecule has 1 aliphatic rings. The van der Waals surface area contributed by atoms with Gasteiger partial charge in [-0.3, -0.25) is 0 Å². The van der Waals surface area contributed by atoms with Crippen molar-refractivity contribution in [1.29, 1.82) is 0 Å². The Morgan fingerprint density at radius 3 is 2.52 bits per heavy atom. The van der Waals surface area contributed by atoms with Crippen LogP contribution in [0.5, 0.6) is 0 Å². The molecule has 1 heterocycles. The monoisotopic (exact) mass is 291 g/mol. The minimum atomic E-state index is -0.242. The Morgan fingerprint density at radius 1 is 1.24 bits per heavy atom. The van der Waals surface area contributed by atoms with Gasteiger partial charge in [0.2, 0.25) is 0 Å². The highest BCUT2D eigenvalue weighted by atomic mass is 16.3. The van der Waals surface area contributed by atoms with E-state index in [1.165, 1.54) is 12.8 Å². The van der Waals surface area contributed by atoms with Crippen LogP contribution < -0.4 is 10.6 Å². The van der Waals surface area contributed by atoms with Crippen molar-refractivity contribution in [3.8, 4) is 0 Å². The summed E-state index contributed by atoms with van der Waals surface area (Å²) in [5, 5.41) is 14.8. The molecule has 1 aromatic rings. The highest BCUT2D eigenvalue weighted by Crippen LogP contribution is 2.17. The molecule has 3 N–H and O–H groups in total. The number of aliphatic hydroxyl groups excluding tert-OH is 1. The van der Waals surface area contributed by atoms with Gasteiger partial charge in [0, 0.05) is 6.54 Å². The number of carbonyl (C=O) groups is 1. The number of amides is 2. The van der Waals surface area contributed by atoms with Gasteiger partial charge in [-0.1, -0.05) is 30.3 Å². The maximum absolute atomic E-state index is 12.0. The second-order valence-corrected chi connectivity index (χ2v) is 5.67. The average Bonchev–Trinajstić information content (AvgIpc) is 3.00. The van der Waals surface area contributed by atoms with Gasteiger partial charge in [-0.25, -0.2) is 4.79 Å². The number of hydrogen-bond donors (Lipinski definition) is 3. The van der Waals surface area contributed by atoms with Crippen LogP contribution >= 0.6 is 0 Å². The summed E-state index contributed by atoms with van der Waals surface area (Å²) in [4.78, 5) is 14.4. The molecule has 1 aliphatic heterocycles. The summed E-state index contributed by atoms with van der Waals surface area (Å²) in [5.41, 5.74) is 1.11. The molecule has 5 nitrogen and oxygen atoms in total. The van der Waals surface area contributed by atoms with Crippen molar-refractivity contribution in [2.45, 2.75) is 31.8 Å². The third kappa shape index (κ3) is 5.02. The van der Waals surface area contributed by atoms with E-state index in [4.69, 9.17) is 5.11 Å². The molecule has 2 unspecified atom stereocenters. The number of nitrogens with one attached hydrogen (secondary N) is 2. The molecule has 5 heteroatoms. The lowest BCUT2D eigenvalue weighted by Gasteiger charge is -2.25. The van der Waals surface area contributed by atoms with E-state index < -0.39 is 0 Å². The van der Waals surface area contributed by atoms with E-state index in [0.717, 1.165) is 25.2 Å². The van der Waals surface area contributed by atoms with E-state index >= 15 is 0 Å². The van der Waals surface area contributed by atoms with E-state index in [0.29, 0.717) is 0 Å². The third-order valence-corrected chi connectivity index (χ3v) is 3.80. The molecular weight excluding hydrogens is 266 g/mol. The molecule has 2 atom stereocenters. The fraction of sp³-hybridized carbons (Fsp3) is 0.562. The largest absolute Gasteiger partial charge is 0.394 e. The standard InChI is InChI=1S/C16H25N3O2/c1-13(12-20)17-16(21)18-15(11-19-9-5-6-10-19)14-7-3-2-4-8-14/h2-4,7-8,13,15,20H,5-6,9-12H2,1H3,(H2,17,18,21). The summed E-state index contributed by atoms with van der Waals surface area (Å²) in [7, 11) is 0. The number of benzene rings is 1. The van der Waals surface area contributed by atoms with Gasteiger partial charge in [-0.2, -0.15) is 0 Å². The minimum absolute atomic E-state index is 0.0322. The summed E-state index contributed by atoms with van der Waals surface area (Å²) in [6.07, 6.45) is 2.46. The van der Waals surface area contributed by atoms with Gasteiger partial charge in [0.1, 0.15) is 0 Å². The zero-order chi connectivity index (χ0) is 15.1. The molecule has 2 rings (SSSR count). The Labute approximate surface area is 126 Å². The minimum Gasteiger partial charge on any atom is -0.394 e. The molecule has 0 bridgehead atoms. The number of likely N-dealkylation sites (tertiary alicyclic amines) is 1. The van der Waals surface area contributed by atoms with Gasteiger partial charge in [-0.05, 0) is 38.4 Å². The molecule has 2 amide bonds. The molecular formula is C16H25N3O2. The SMILES string of the molecule is CC(CO)NC(=O)NC(CN1CCCC1)c1ccccc1. The quantitative estimate of drug-likeness (QED) is 0.744. The number of hydrogen-bond acceptors (Lipinski definition) is 3. The van der Waals surface area contributed by atoms with Crippen molar-refractivity contribution >= 4 is 6.03 Å². The molecule has 0 aromatic heterocycles. The average molecular weight is 291 g/mol. The summed E-state index contributed by atoms with van der Waals surface area (Å²) in [6.45, 7) is 4.73. The number of rotatable bonds is 6. The Hall–Kier alpha value is -1.59. The summed E-state index contributed by atoms with van der Waals surface area (Å²) >= 11 is 0. The van der Waals surface area contributed by atoms with E-state index in [1.807, 2.05) is 30.3 Å². The van der Waals surface area contributed by atoms with E-state index in [-0.39, 0.29) is 24.7 Å². The van der Waals surface area contributed by atoms with E-state index in [1.54, 1.807) is 6.92 Å². The molecule has 116 valence electrons. The van der Waals surface area contributed by atoms with Crippen LogP contribution in [0.15, 0.2) is 30.3 Å². The lowest BCUT2D eigenvalue weighted by molar-refractivity contribution is 0.212. The first-order valence-electron chi connectivity index (χ1n) is 7.64. The van der Waals surface area contributed by atoms with Gasteiger partial charge in [-0.15, -0.1) is 0 Å². The van der Waals surface area contributed by atoms with Crippen molar-refractivity contribution in [2.24, 2.45) is 0 Å². The summed E-state index contributed by atoms with van der Waals surface area (Å²) < 4.78 is 0. The van der Waals surface area contributed by atoms with Crippen molar-refractivity contribution in [3.05, 3.63) is 35.9 Å². The van der Waals surface area contributed by atoms with E-state index in [9.17, 15) is 4.79 Å². The molecule has 0 radical (unpaired) electrons. The molecule has 21 heavy (non-hydrogen) atoms. The van der Waals surface area contributed by atoms with Gasteiger partial charge in [0.15, 0.2) is 0 Å². The predicted molar refractivity (Wildman–Crippen MR) is 83.1 cm³/mol. The van der Waals surface area contributed by atoms with Crippen LogP contribution in [0.3, 0.4) is 0 Å². The Kier molecular flexibility index (Phi) is 6.02.